The van der Waals surface area contributed by atoms with E-state index in [2.05, 4.69) is 12.2 Å². The lowest BCUT2D eigenvalue weighted by atomic mass is 10.2. The van der Waals surface area contributed by atoms with Crippen molar-refractivity contribution in [1.29, 1.82) is 0 Å². The number of halogens is 3. The van der Waals surface area contributed by atoms with Gasteiger partial charge in [-0.25, -0.2) is 0 Å². The fraction of sp³-hybridized carbons (Fsp3) is 0.455. The van der Waals surface area contributed by atoms with Crippen LogP contribution in [0.2, 0.25) is 10.0 Å². The quantitative estimate of drug-likeness (QED) is 0.796. The molecule has 1 unspecified atom stereocenters. The van der Waals surface area contributed by atoms with E-state index in [1.807, 2.05) is 18.2 Å². The van der Waals surface area contributed by atoms with Crippen molar-refractivity contribution >= 4 is 34.8 Å². The molecule has 1 N–H and O–H groups in total. The Labute approximate surface area is 106 Å². The van der Waals surface area contributed by atoms with Crippen molar-refractivity contribution in [1.82, 2.24) is 5.32 Å². The van der Waals surface area contributed by atoms with Gasteiger partial charge in [-0.3, -0.25) is 0 Å². The average molecular weight is 267 g/mol. The zero-order chi connectivity index (χ0) is 11.3. The van der Waals surface area contributed by atoms with Crippen molar-refractivity contribution in [2.75, 3.05) is 12.4 Å². The molecular formula is C11H14Cl3N. The van der Waals surface area contributed by atoms with Crippen LogP contribution in [0.5, 0.6) is 0 Å². The number of alkyl halides is 1. The van der Waals surface area contributed by atoms with Crippen LogP contribution in [-0.4, -0.2) is 12.4 Å². The van der Waals surface area contributed by atoms with E-state index >= 15 is 0 Å². The normalized spacial score (nSPS) is 12.8. The Kier molecular flexibility index (Phi) is 5.77. The van der Waals surface area contributed by atoms with Crippen LogP contribution in [0.25, 0.3) is 0 Å². The Hall–Kier alpha value is 0.0500. The summed E-state index contributed by atoms with van der Waals surface area (Å²) in [5.41, 5.74) is 1.13. The molecule has 0 saturated carbocycles. The lowest BCUT2D eigenvalue weighted by Gasteiger charge is -2.09. The summed E-state index contributed by atoms with van der Waals surface area (Å²) in [4.78, 5) is 0. The van der Waals surface area contributed by atoms with E-state index in [0.29, 0.717) is 21.8 Å². The highest BCUT2D eigenvalue weighted by molar-refractivity contribution is 6.42. The maximum atomic E-state index is 5.90. The van der Waals surface area contributed by atoms with Gasteiger partial charge in [-0.1, -0.05) is 36.2 Å². The van der Waals surface area contributed by atoms with Crippen LogP contribution >= 0.6 is 34.8 Å². The van der Waals surface area contributed by atoms with E-state index in [0.717, 1.165) is 18.7 Å². The lowest BCUT2D eigenvalue weighted by Crippen LogP contribution is -2.21. The van der Waals surface area contributed by atoms with Gasteiger partial charge in [0.15, 0.2) is 0 Å². The molecule has 1 rings (SSSR count). The van der Waals surface area contributed by atoms with E-state index in [9.17, 15) is 0 Å². The highest BCUT2D eigenvalue weighted by Gasteiger charge is 2.01. The molecule has 0 aliphatic heterocycles. The van der Waals surface area contributed by atoms with E-state index in [-0.39, 0.29) is 0 Å². The first-order valence-electron chi connectivity index (χ1n) is 4.84. The number of nitrogens with one attached hydrogen (secondary N) is 1. The van der Waals surface area contributed by atoms with Crippen molar-refractivity contribution in [2.45, 2.75) is 13.5 Å². The average Bonchev–Trinajstić information content (AvgIpc) is 2.23. The van der Waals surface area contributed by atoms with E-state index in [4.69, 9.17) is 34.8 Å². The first-order valence-corrected chi connectivity index (χ1v) is 6.13. The first-order chi connectivity index (χ1) is 7.13. The van der Waals surface area contributed by atoms with Crippen molar-refractivity contribution in [3.8, 4) is 0 Å². The summed E-state index contributed by atoms with van der Waals surface area (Å²) in [6.45, 7) is 3.80. The Morgan fingerprint density at radius 3 is 2.60 bits per heavy atom. The van der Waals surface area contributed by atoms with Gasteiger partial charge in [-0.15, -0.1) is 11.6 Å². The van der Waals surface area contributed by atoms with Gasteiger partial charge in [0.05, 0.1) is 10.0 Å². The Morgan fingerprint density at radius 2 is 2.00 bits per heavy atom. The van der Waals surface area contributed by atoms with Crippen LogP contribution in [0.1, 0.15) is 12.5 Å². The summed E-state index contributed by atoms with van der Waals surface area (Å²) >= 11 is 17.4. The summed E-state index contributed by atoms with van der Waals surface area (Å²) in [6, 6.07) is 5.65. The molecule has 0 aliphatic rings. The minimum Gasteiger partial charge on any atom is -0.312 e. The van der Waals surface area contributed by atoms with E-state index in [1.165, 1.54) is 0 Å². The molecule has 0 spiro atoms. The molecule has 1 atom stereocenters. The number of hydrogen-bond acceptors (Lipinski definition) is 1. The number of hydrogen-bond donors (Lipinski definition) is 1. The molecule has 0 amide bonds. The predicted octanol–water partition coefficient (Wildman–Crippen LogP) is 3.96. The van der Waals surface area contributed by atoms with E-state index in [1.54, 1.807) is 0 Å². The zero-order valence-electron chi connectivity index (χ0n) is 8.56. The minimum atomic E-state index is 0.481. The van der Waals surface area contributed by atoms with Gasteiger partial charge in [-0.05, 0) is 30.2 Å². The van der Waals surface area contributed by atoms with Gasteiger partial charge in [0.2, 0.25) is 0 Å². The summed E-state index contributed by atoms with van der Waals surface area (Å²) in [5.74, 6) is 1.16. The van der Waals surface area contributed by atoms with Gasteiger partial charge in [0.1, 0.15) is 0 Å². The van der Waals surface area contributed by atoms with Crippen molar-refractivity contribution in [2.24, 2.45) is 5.92 Å². The molecule has 0 radical (unpaired) electrons. The zero-order valence-corrected chi connectivity index (χ0v) is 10.8. The summed E-state index contributed by atoms with van der Waals surface area (Å²) in [5, 5.41) is 4.50. The summed E-state index contributed by atoms with van der Waals surface area (Å²) < 4.78 is 0. The van der Waals surface area contributed by atoms with Crippen LogP contribution in [0.3, 0.4) is 0 Å². The molecule has 1 aromatic rings. The van der Waals surface area contributed by atoms with Crippen LogP contribution in [0.4, 0.5) is 0 Å². The van der Waals surface area contributed by atoms with Crippen LogP contribution in [0, 0.1) is 5.92 Å². The molecule has 0 fully saturated rings. The third-order valence-electron chi connectivity index (χ3n) is 2.07. The van der Waals surface area contributed by atoms with Crippen molar-refractivity contribution in [3.05, 3.63) is 33.8 Å². The fourth-order valence-corrected chi connectivity index (χ4v) is 1.60. The third kappa shape index (κ3) is 4.60. The maximum Gasteiger partial charge on any atom is 0.0595 e. The smallest absolute Gasteiger partial charge is 0.0595 e. The van der Waals surface area contributed by atoms with Gasteiger partial charge < -0.3 is 5.32 Å². The molecule has 0 heterocycles. The maximum absolute atomic E-state index is 5.90. The molecule has 0 bridgehead atoms. The minimum absolute atomic E-state index is 0.481. The van der Waals surface area contributed by atoms with E-state index < -0.39 is 0 Å². The third-order valence-corrected chi connectivity index (χ3v) is 3.34. The SMILES string of the molecule is CC(CCl)CNCc1ccc(Cl)c(Cl)c1. The number of rotatable bonds is 5. The predicted molar refractivity (Wildman–Crippen MR) is 68.1 cm³/mol. The second kappa shape index (κ2) is 6.59. The summed E-state index contributed by atoms with van der Waals surface area (Å²) in [6.07, 6.45) is 0. The number of benzene rings is 1. The molecular weight excluding hydrogens is 252 g/mol. The van der Waals surface area contributed by atoms with Gasteiger partial charge in [0, 0.05) is 12.4 Å². The molecule has 0 saturated heterocycles. The first kappa shape index (κ1) is 13.1. The van der Waals surface area contributed by atoms with Crippen molar-refractivity contribution in [3.63, 3.8) is 0 Å². The molecule has 1 aromatic carbocycles. The highest BCUT2D eigenvalue weighted by atomic mass is 35.5. The Bertz CT molecular complexity index is 315. The Balaban J connectivity index is 2.41. The van der Waals surface area contributed by atoms with Crippen LogP contribution in [-0.2, 0) is 6.54 Å². The topological polar surface area (TPSA) is 12.0 Å². The fourth-order valence-electron chi connectivity index (χ4n) is 1.17. The molecule has 0 aliphatic carbocycles. The van der Waals surface area contributed by atoms with Gasteiger partial charge in [-0.2, -0.15) is 0 Å². The molecule has 4 heteroatoms. The molecule has 84 valence electrons. The molecule has 1 nitrogen and oxygen atoms in total. The van der Waals surface area contributed by atoms with Gasteiger partial charge >= 0.3 is 0 Å². The second-order valence-electron chi connectivity index (χ2n) is 3.64. The van der Waals surface area contributed by atoms with Crippen LogP contribution < -0.4 is 5.32 Å². The lowest BCUT2D eigenvalue weighted by molar-refractivity contribution is 0.557. The molecule has 0 aromatic heterocycles. The highest BCUT2D eigenvalue weighted by Crippen LogP contribution is 2.22. The summed E-state index contributed by atoms with van der Waals surface area (Å²) in [7, 11) is 0. The molecule has 15 heavy (non-hydrogen) atoms. The van der Waals surface area contributed by atoms with Gasteiger partial charge in [0.25, 0.3) is 0 Å². The monoisotopic (exact) mass is 265 g/mol. The largest absolute Gasteiger partial charge is 0.312 e. The Morgan fingerprint density at radius 1 is 1.27 bits per heavy atom. The second-order valence-corrected chi connectivity index (χ2v) is 4.76. The standard InChI is InChI=1S/C11H14Cl3N/c1-8(5-12)6-15-7-9-2-3-10(13)11(14)4-9/h2-4,8,15H,5-7H2,1H3. The van der Waals surface area contributed by atoms with Crippen LogP contribution in [0.15, 0.2) is 18.2 Å². The van der Waals surface area contributed by atoms with Crippen molar-refractivity contribution < 1.29 is 0 Å².